The normalized spacial score (nSPS) is 14.2. The van der Waals surface area contributed by atoms with Crippen molar-refractivity contribution >= 4 is 5.91 Å². The van der Waals surface area contributed by atoms with Gasteiger partial charge in [0.2, 0.25) is 5.91 Å². The van der Waals surface area contributed by atoms with E-state index >= 15 is 0 Å². The van der Waals surface area contributed by atoms with Crippen LogP contribution in [0.1, 0.15) is 31.0 Å². The summed E-state index contributed by atoms with van der Waals surface area (Å²) in [6.07, 6.45) is 0.0143. The Morgan fingerprint density at radius 1 is 1.12 bits per heavy atom. The molecule has 5 heteroatoms. The highest BCUT2D eigenvalue weighted by molar-refractivity contribution is 5.79. The van der Waals surface area contributed by atoms with Crippen LogP contribution >= 0.6 is 0 Å². The molecule has 0 bridgehead atoms. The van der Waals surface area contributed by atoms with Crippen LogP contribution in [0.15, 0.2) is 42.5 Å². The second-order valence-corrected chi connectivity index (χ2v) is 6.46. The molecule has 0 fully saturated rings. The van der Waals surface area contributed by atoms with Gasteiger partial charge >= 0.3 is 0 Å². The first-order valence-corrected chi connectivity index (χ1v) is 8.47. The van der Waals surface area contributed by atoms with Crippen molar-refractivity contribution in [1.82, 2.24) is 5.32 Å². The predicted molar refractivity (Wildman–Crippen MR) is 93.3 cm³/mol. The van der Waals surface area contributed by atoms with Gasteiger partial charge in [0.1, 0.15) is 19.0 Å². The minimum absolute atomic E-state index is 0.0143. The Labute approximate surface area is 147 Å². The largest absolute Gasteiger partial charge is 0.486 e. The number of nitrogens with one attached hydrogen (secondary N) is 1. The van der Waals surface area contributed by atoms with Gasteiger partial charge in [0, 0.05) is 0 Å². The fourth-order valence-corrected chi connectivity index (χ4v) is 2.93. The number of amides is 1. The molecule has 25 heavy (non-hydrogen) atoms. The lowest BCUT2D eigenvalue weighted by Gasteiger charge is -2.25. The quantitative estimate of drug-likeness (QED) is 0.901. The molecule has 2 aromatic rings. The standard InChI is InChI=1S/C20H22FNO3/c1-13(2)20(15-7-8-17-18(11-15)25-10-9-24-17)22-19(23)12-14-5-3-4-6-16(14)21/h3-8,11,13,20H,9-10,12H2,1-2H3,(H,22,23)/t20-/m0/s1. The third-order valence-corrected chi connectivity index (χ3v) is 4.22. The van der Waals surface area contributed by atoms with E-state index in [9.17, 15) is 9.18 Å². The molecular weight excluding hydrogens is 321 g/mol. The Hall–Kier alpha value is -2.56. The molecule has 0 saturated carbocycles. The lowest BCUT2D eigenvalue weighted by molar-refractivity contribution is -0.121. The van der Waals surface area contributed by atoms with E-state index in [2.05, 4.69) is 5.32 Å². The van der Waals surface area contributed by atoms with Crippen LogP contribution in [0.2, 0.25) is 0 Å². The maximum absolute atomic E-state index is 13.7. The van der Waals surface area contributed by atoms with E-state index in [0.717, 1.165) is 11.3 Å². The molecule has 0 unspecified atom stereocenters. The number of rotatable bonds is 5. The summed E-state index contributed by atoms with van der Waals surface area (Å²) in [5.74, 6) is 1.01. The highest BCUT2D eigenvalue weighted by Crippen LogP contribution is 2.34. The number of carbonyl (C=O) groups is 1. The molecule has 1 atom stereocenters. The van der Waals surface area contributed by atoms with Gasteiger partial charge in [-0.25, -0.2) is 4.39 Å². The van der Waals surface area contributed by atoms with E-state index in [4.69, 9.17) is 9.47 Å². The summed E-state index contributed by atoms with van der Waals surface area (Å²) in [5, 5.41) is 3.01. The maximum atomic E-state index is 13.7. The second-order valence-electron chi connectivity index (χ2n) is 6.46. The van der Waals surface area contributed by atoms with E-state index in [1.54, 1.807) is 18.2 Å². The van der Waals surface area contributed by atoms with Gasteiger partial charge in [-0.05, 0) is 35.2 Å². The van der Waals surface area contributed by atoms with Crippen LogP contribution < -0.4 is 14.8 Å². The summed E-state index contributed by atoms with van der Waals surface area (Å²) >= 11 is 0. The van der Waals surface area contributed by atoms with Crippen molar-refractivity contribution in [2.24, 2.45) is 5.92 Å². The van der Waals surface area contributed by atoms with Gasteiger partial charge < -0.3 is 14.8 Å². The zero-order valence-electron chi connectivity index (χ0n) is 14.4. The van der Waals surface area contributed by atoms with Crippen LogP contribution in [-0.2, 0) is 11.2 Å². The summed E-state index contributed by atoms with van der Waals surface area (Å²) < 4.78 is 24.9. The zero-order valence-corrected chi connectivity index (χ0v) is 14.4. The van der Waals surface area contributed by atoms with Crippen LogP contribution in [-0.4, -0.2) is 19.1 Å². The molecule has 1 aliphatic heterocycles. The Balaban J connectivity index is 1.75. The van der Waals surface area contributed by atoms with E-state index in [0.29, 0.717) is 24.5 Å². The first kappa shape index (κ1) is 17.3. The van der Waals surface area contributed by atoms with Gasteiger partial charge in [0.25, 0.3) is 0 Å². The first-order chi connectivity index (χ1) is 12.0. The van der Waals surface area contributed by atoms with E-state index in [1.807, 2.05) is 32.0 Å². The Kier molecular flexibility index (Phi) is 5.22. The first-order valence-electron chi connectivity index (χ1n) is 8.47. The SMILES string of the molecule is CC(C)[C@H](NC(=O)Cc1ccccc1F)c1ccc2c(c1)OCCO2. The van der Waals surface area contributed by atoms with E-state index < -0.39 is 0 Å². The number of benzene rings is 2. The fourth-order valence-electron chi connectivity index (χ4n) is 2.93. The number of hydrogen-bond donors (Lipinski definition) is 1. The summed E-state index contributed by atoms with van der Waals surface area (Å²) in [6, 6.07) is 11.9. The molecule has 0 saturated heterocycles. The second kappa shape index (κ2) is 7.55. The summed E-state index contributed by atoms with van der Waals surface area (Å²) in [6.45, 7) is 5.12. The van der Waals surface area contributed by atoms with E-state index in [-0.39, 0.29) is 30.1 Å². The van der Waals surface area contributed by atoms with Crippen LogP contribution in [0, 0.1) is 11.7 Å². The van der Waals surface area contributed by atoms with Gasteiger partial charge in [0.15, 0.2) is 11.5 Å². The van der Waals surface area contributed by atoms with Crippen LogP contribution in [0.25, 0.3) is 0 Å². The molecule has 1 N–H and O–H groups in total. The van der Waals surface area contributed by atoms with Crippen molar-refractivity contribution in [2.75, 3.05) is 13.2 Å². The predicted octanol–water partition coefficient (Wildman–Crippen LogP) is 3.65. The molecule has 1 aliphatic rings. The van der Waals surface area contributed by atoms with Crippen molar-refractivity contribution < 1.29 is 18.7 Å². The molecular formula is C20H22FNO3. The van der Waals surface area contributed by atoms with Crippen LogP contribution in [0.5, 0.6) is 11.5 Å². The number of ether oxygens (including phenoxy) is 2. The number of carbonyl (C=O) groups excluding carboxylic acids is 1. The highest BCUT2D eigenvalue weighted by atomic mass is 19.1. The summed E-state index contributed by atoms with van der Waals surface area (Å²) in [5.41, 5.74) is 1.34. The third kappa shape index (κ3) is 4.10. The third-order valence-electron chi connectivity index (χ3n) is 4.22. The van der Waals surface area contributed by atoms with Crippen LogP contribution in [0.4, 0.5) is 4.39 Å². The Morgan fingerprint density at radius 3 is 2.56 bits per heavy atom. The van der Waals surface area contributed by atoms with Gasteiger partial charge in [-0.15, -0.1) is 0 Å². The van der Waals surface area contributed by atoms with Gasteiger partial charge in [-0.2, -0.15) is 0 Å². The van der Waals surface area contributed by atoms with Crippen molar-refractivity contribution in [2.45, 2.75) is 26.3 Å². The summed E-state index contributed by atoms with van der Waals surface area (Å²) in [7, 11) is 0. The molecule has 3 rings (SSSR count). The fraction of sp³-hybridized carbons (Fsp3) is 0.350. The molecule has 0 aliphatic carbocycles. The molecule has 0 aromatic heterocycles. The molecule has 1 amide bonds. The zero-order chi connectivity index (χ0) is 17.8. The minimum Gasteiger partial charge on any atom is -0.486 e. The molecule has 0 radical (unpaired) electrons. The topological polar surface area (TPSA) is 47.6 Å². The maximum Gasteiger partial charge on any atom is 0.225 e. The number of fused-ring (bicyclic) bond motifs is 1. The van der Waals surface area contributed by atoms with Gasteiger partial charge in [-0.3, -0.25) is 4.79 Å². The van der Waals surface area contributed by atoms with Gasteiger partial charge in [-0.1, -0.05) is 38.1 Å². The van der Waals surface area contributed by atoms with Crippen molar-refractivity contribution in [3.8, 4) is 11.5 Å². The summed E-state index contributed by atoms with van der Waals surface area (Å²) in [4.78, 5) is 12.4. The Morgan fingerprint density at radius 2 is 1.84 bits per heavy atom. The Bertz CT molecular complexity index is 760. The van der Waals surface area contributed by atoms with Gasteiger partial charge in [0.05, 0.1) is 12.5 Å². The molecule has 132 valence electrons. The van der Waals surface area contributed by atoms with Crippen molar-refractivity contribution in [3.63, 3.8) is 0 Å². The monoisotopic (exact) mass is 343 g/mol. The average Bonchev–Trinajstić information content (AvgIpc) is 2.61. The highest BCUT2D eigenvalue weighted by Gasteiger charge is 2.22. The molecule has 1 heterocycles. The lowest BCUT2D eigenvalue weighted by atomic mass is 9.95. The van der Waals surface area contributed by atoms with Crippen LogP contribution in [0.3, 0.4) is 0 Å². The smallest absolute Gasteiger partial charge is 0.225 e. The van der Waals surface area contributed by atoms with Crippen molar-refractivity contribution in [3.05, 3.63) is 59.4 Å². The number of hydrogen-bond acceptors (Lipinski definition) is 3. The molecule has 4 nitrogen and oxygen atoms in total. The molecule has 2 aromatic carbocycles. The lowest BCUT2D eigenvalue weighted by Crippen LogP contribution is -2.33. The van der Waals surface area contributed by atoms with E-state index in [1.165, 1.54) is 6.07 Å². The van der Waals surface area contributed by atoms with Crippen molar-refractivity contribution in [1.29, 1.82) is 0 Å². The molecule has 0 spiro atoms. The average molecular weight is 343 g/mol. The number of halogens is 1. The minimum atomic E-state index is -0.363.